The first kappa shape index (κ1) is 8.90. The van der Waals surface area contributed by atoms with Crippen LogP contribution in [-0.2, 0) is 6.54 Å². The second kappa shape index (κ2) is 3.59. The highest BCUT2D eigenvalue weighted by Crippen LogP contribution is 2.21. The summed E-state index contributed by atoms with van der Waals surface area (Å²) < 4.78 is 18.3. The fourth-order valence-corrected chi connectivity index (χ4v) is 1.16. The van der Waals surface area contributed by atoms with Gasteiger partial charge >= 0.3 is 0 Å². The molecule has 0 bridgehead atoms. The van der Waals surface area contributed by atoms with Gasteiger partial charge in [-0.25, -0.2) is 9.37 Å². The summed E-state index contributed by atoms with van der Waals surface area (Å²) in [7, 11) is 0. The van der Waals surface area contributed by atoms with E-state index in [-0.39, 0.29) is 18.3 Å². The van der Waals surface area contributed by atoms with E-state index in [1.54, 1.807) is 18.2 Å². The summed E-state index contributed by atoms with van der Waals surface area (Å²) in [6.45, 7) is 0.290. The maximum atomic E-state index is 13.3. The van der Waals surface area contributed by atoms with Crippen molar-refractivity contribution in [1.82, 2.24) is 4.98 Å². The molecule has 0 unspecified atom stereocenters. The molecule has 0 aliphatic heterocycles. The van der Waals surface area contributed by atoms with Crippen molar-refractivity contribution in [3.63, 3.8) is 0 Å². The predicted octanol–water partition coefficient (Wildman–Crippen LogP) is 1.94. The molecule has 0 aliphatic carbocycles. The van der Waals surface area contributed by atoms with Crippen molar-refractivity contribution >= 4 is 0 Å². The Morgan fingerprint density at radius 1 is 1.36 bits per heavy atom. The quantitative estimate of drug-likeness (QED) is 0.791. The van der Waals surface area contributed by atoms with Crippen LogP contribution in [0, 0.1) is 5.82 Å². The first-order chi connectivity index (χ1) is 6.81. The number of rotatable bonds is 2. The zero-order valence-corrected chi connectivity index (χ0v) is 7.40. The second-order valence-electron chi connectivity index (χ2n) is 2.83. The smallest absolute Gasteiger partial charge is 0.229 e. The zero-order chi connectivity index (χ0) is 9.97. The van der Waals surface area contributed by atoms with Gasteiger partial charge in [0.2, 0.25) is 5.89 Å². The van der Waals surface area contributed by atoms with Crippen molar-refractivity contribution in [3.05, 3.63) is 42.0 Å². The summed E-state index contributed by atoms with van der Waals surface area (Å²) in [5, 5.41) is 0. The Balaban J connectivity index is 2.44. The minimum absolute atomic E-state index is 0.267. The van der Waals surface area contributed by atoms with E-state index in [0.717, 1.165) is 0 Å². The average molecular weight is 192 g/mol. The van der Waals surface area contributed by atoms with Gasteiger partial charge in [-0.3, -0.25) is 0 Å². The number of halogens is 1. The van der Waals surface area contributed by atoms with E-state index in [1.165, 1.54) is 12.3 Å². The van der Waals surface area contributed by atoms with E-state index >= 15 is 0 Å². The minimum atomic E-state index is -0.349. The Morgan fingerprint density at radius 2 is 2.14 bits per heavy atom. The van der Waals surface area contributed by atoms with Crippen LogP contribution in [0.3, 0.4) is 0 Å². The Morgan fingerprint density at radius 3 is 2.79 bits per heavy atom. The summed E-state index contributed by atoms with van der Waals surface area (Å²) in [5.74, 6) is -0.0820. The third-order valence-electron chi connectivity index (χ3n) is 1.87. The van der Waals surface area contributed by atoms with Crippen LogP contribution in [0.1, 0.15) is 5.69 Å². The molecule has 72 valence electrons. The van der Waals surface area contributed by atoms with Crippen molar-refractivity contribution in [2.24, 2.45) is 5.73 Å². The number of hydrogen-bond donors (Lipinski definition) is 1. The van der Waals surface area contributed by atoms with Crippen LogP contribution in [0.4, 0.5) is 4.39 Å². The molecule has 1 heterocycles. The lowest BCUT2D eigenvalue weighted by Gasteiger charge is -1.95. The molecule has 1 aromatic heterocycles. The van der Waals surface area contributed by atoms with Gasteiger partial charge in [-0.15, -0.1) is 0 Å². The Hall–Kier alpha value is -1.68. The summed E-state index contributed by atoms with van der Waals surface area (Å²) in [6, 6.07) is 6.32. The Bertz CT molecular complexity index is 439. The third kappa shape index (κ3) is 1.52. The van der Waals surface area contributed by atoms with Gasteiger partial charge in [-0.2, -0.15) is 0 Å². The van der Waals surface area contributed by atoms with Crippen molar-refractivity contribution in [3.8, 4) is 11.5 Å². The molecule has 0 atom stereocenters. The van der Waals surface area contributed by atoms with E-state index in [9.17, 15) is 4.39 Å². The van der Waals surface area contributed by atoms with Crippen LogP contribution in [0.25, 0.3) is 11.5 Å². The third-order valence-corrected chi connectivity index (χ3v) is 1.87. The fraction of sp³-hybridized carbons (Fsp3) is 0.100. The molecule has 14 heavy (non-hydrogen) atoms. The molecular weight excluding hydrogens is 183 g/mol. The topological polar surface area (TPSA) is 52.0 Å². The van der Waals surface area contributed by atoms with Crippen LogP contribution in [0.5, 0.6) is 0 Å². The highest BCUT2D eigenvalue weighted by atomic mass is 19.1. The molecule has 2 rings (SSSR count). The highest BCUT2D eigenvalue weighted by Gasteiger charge is 2.09. The number of benzene rings is 1. The molecule has 0 fully saturated rings. The van der Waals surface area contributed by atoms with Gasteiger partial charge in [0, 0.05) is 6.54 Å². The zero-order valence-electron chi connectivity index (χ0n) is 7.40. The van der Waals surface area contributed by atoms with Crippen LogP contribution in [0.2, 0.25) is 0 Å². The number of nitrogens with two attached hydrogens (primary N) is 1. The Kier molecular flexibility index (Phi) is 2.28. The average Bonchev–Trinajstić information content (AvgIpc) is 2.67. The van der Waals surface area contributed by atoms with E-state index in [2.05, 4.69) is 4.98 Å². The number of aromatic nitrogens is 1. The van der Waals surface area contributed by atoms with Crippen molar-refractivity contribution in [1.29, 1.82) is 0 Å². The summed E-state index contributed by atoms with van der Waals surface area (Å²) >= 11 is 0. The molecule has 0 saturated heterocycles. The Labute approximate surface area is 80.4 Å². The van der Waals surface area contributed by atoms with Crippen molar-refractivity contribution in [2.45, 2.75) is 6.54 Å². The molecule has 2 aromatic rings. The molecule has 3 nitrogen and oxygen atoms in total. The molecule has 0 spiro atoms. The van der Waals surface area contributed by atoms with Crippen molar-refractivity contribution in [2.75, 3.05) is 0 Å². The van der Waals surface area contributed by atoms with Gasteiger partial charge in [-0.05, 0) is 12.1 Å². The largest absolute Gasteiger partial charge is 0.444 e. The molecule has 4 heteroatoms. The summed E-state index contributed by atoms with van der Waals surface area (Å²) in [5.41, 5.74) is 6.33. The maximum absolute atomic E-state index is 13.3. The van der Waals surface area contributed by atoms with E-state index in [4.69, 9.17) is 10.2 Å². The van der Waals surface area contributed by atoms with Gasteiger partial charge in [0.15, 0.2) is 0 Å². The van der Waals surface area contributed by atoms with E-state index in [1.807, 2.05) is 0 Å². The van der Waals surface area contributed by atoms with Crippen LogP contribution in [-0.4, -0.2) is 4.98 Å². The number of nitrogens with zero attached hydrogens (tertiary/aromatic N) is 1. The van der Waals surface area contributed by atoms with Gasteiger partial charge in [0.05, 0.1) is 11.3 Å². The molecule has 1 aromatic carbocycles. The monoisotopic (exact) mass is 192 g/mol. The van der Waals surface area contributed by atoms with Crippen LogP contribution in [0.15, 0.2) is 34.9 Å². The lowest BCUT2D eigenvalue weighted by atomic mass is 10.2. The van der Waals surface area contributed by atoms with E-state index in [0.29, 0.717) is 11.3 Å². The van der Waals surface area contributed by atoms with Crippen LogP contribution < -0.4 is 5.73 Å². The minimum Gasteiger partial charge on any atom is -0.444 e. The summed E-state index contributed by atoms with van der Waals surface area (Å²) in [4.78, 5) is 4.03. The molecule has 0 saturated carbocycles. The molecule has 0 radical (unpaired) electrons. The van der Waals surface area contributed by atoms with Gasteiger partial charge < -0.3 is 10.2 Å². The standard InChI is InChI=1S/C10H9FN2O/c11-9-4-2-1-3-8(9)10-13-7(5-12)6-14-10/h1-4,6H,5,12H2. The van der Waals surface area contributed by atoms with Gasteiger partial charge in [0.25, 0.3) is 0 Å². The number of oxazole rings is 1. The highest BCUT2D eigenvalue weighted by molar-refractivity contribution is 5.53. The number of hydrogen-bond acceptors (Lipinski definition) is 3. The molecule has 0 amide bonds. The van der Waals surface area contributed by atoms with Gasteiger partial charge in [-0.1, -0.05) is 12.1 Å². The maximum Gasteiger partial charge on any atom is 0.229 e. The lowest BCUT2D eigenvalue weighted by Crippen LogP contribution is -1.95. The first-order valence-corrected chi connectivity index (χ1v) is 4.20. The SMILES string of the molecule is NCc1coc(-c2ccccc2F)n1. The van der Waals surface area contributed by atoms with Gasteiger partial charge in [0.1, 0.15) is 12.1 Å². The molecule has 2 N–H and O–H groups in total. The first-order valence-electron chi connectivity index (χ1n) is 4.20. The van der Waals surface area contributed by atoms with Crippen molar-refractivity contribution < 1.29 is 8.81 Å². The summed E-state index contributed by atoms with van der Waals surface area (Å²) in [6.07, 6.45) is 1.43. The fourth-order valence-electron chi connectivity index (χ4n) is 1.16. The van der Waals surface area contributed by atoms with E-state index < -0.39 is 0 Å². The predicted molar refractivity (Wildman–Crippen MR) is 49.8 cm³/mol. The lowest BCUT2D eigenvalue weighted by molar-refractivity contribution is 0.560. The molecular formula is C10H9FN2O. The van der Waals surface area contributed by atoms with Crippen LogP contribution >= 0.6 is 0 Å². The molecule has 0 aliphatic rings. The normalized spacial score (nSPS) is 10.4. The second-order valence-corrected chi connectivity index (χ2v) is 2.83.